The molecule has 0 radical (unpaired) electrons. The number of hydrogen-bond donors (Lipinski definition) is 0. The van der Waals surface area contributed by atoms with Gasteiger partial charge in [-0.15, -0.1) is 0 Å². The number of oxime groups is 1. The fourth-order valence-electron chi connectivity index (χ4n) is 1.30. The van der Waals surface area contributed by atoms with Crippen LogP contribution in [-0.4, -0.2) is 11.5 Å². The first-order valence-corrected chi connectivity index (χ1v) is 3.58. The summed E-state index contributed by atoms with van der Waals surface area (Å²) in [5.41, 5.74) is 1.05. The molecule has 12 heavy (non-hydrogen) atoms. The zero-order chi connectivity index (χ0) is 7.97. The van der Waals surface area contributed by atoms with E-state index in [1.54, 1.807) is 17.4 Å². The van der Waals surface area contributed by atoms with E-state index in [4.69, 9.17) is 9.36 Å². The van der Waals surface area contributed by atoms with Gasteiger partial charge in [-0.3, -0.25) is 0 Å². The van der Waals surface area contributed by atoms with Crippen molar-refractivity contribution in [3.63, 3.8) is 0 Å². The maximum absolute atomic E-state index is 5.03. The van der Waals surface area contributed by atoms with Crippen LogP contribution in [0.3, 0.4) is 0 Å². The standard InChI is InChI=1S/C7H5N3O2/c1-2-6-10(4-9-11-6)7-5(1)3-8-12-7/h2-4H,1H2. The van der Waals surface area contributed by atoms with Crippen LogP contribution in [0.4, 0.5) is 5.88 Å². The zero-order valence-electron chi connectivity index (χ0n) is 6.10. The highest BCUT2D eigenvalue weighted by atomic mass is 16.7. The van der Waals surface area contributed by atoms with Crippen LogP contribution in [0, 0.1) is 0 Å². The summed E-state index contributed by atoms with van der Waals surface area (Å²) in [6, 6.07) is 0. The van der Waals surface area contributed by atoms with Crippen molar-refractivity contribution in [3.8, 4) is 0 Å². The van der Waals surface area contributed by atoms with Gasteiger partial charge in [-0.05, 0) is 6.08 Å². The van der Waals surface area contributed by atoms with E-state index >= 15 is 0 Å². The summed E-state index contributed by atoms with van der Waals surface area (Å²) in [5, 5.41) is 7.35. The van der Waals surface area contributed by atoms with Gasteiger partial charge in [-0.1, -0.05) is 10.3 Å². The van der Waals surface area contributed by atoms with E-state index in [0.717, 1.165) is 12.0 Å². The normalized spacial score (nSPS) is 18.3. The minimum atomic E-state index is 0.694. The van der Waals surface area contributed by atoms with Crippen LogP contribution >= 0.6 is 0 Å². The highest BCUT2D eigenvalue weighted by Gasteiger charge is 2.27. The molecule has 0 bridgehead atoms. The van der Waals surface area contributed by atoms with Crippen molar-refractivity contribution in [1.82, 2.24) is 5.16 Å². The molecule has 5 nitrogen and oxygen atoms in total. The monoisotopic (exact) mass is 163 g/mol. The zero-order valence-corrected chi connectivity index (χ0v) is 6.10. The third-order valence-corrected chi connectivity index (χ3v) is 1.88. The molecule has 3 heterocycles. The molecule has 1 aromatic rings. The van der Waals surface area contributed by atoms with Crippen LogP contribution < -0.4 is 4.90 Å². The number of aromatic nitrogens is 1. The number of rotatable bonds is 0. The molecule has 0 unspecified atom stereocenters. The molecule has 2 aliphatic rings. The van der Waals surface area contributed by atoms with E-state index in [-0.39, 0.29) is 0 Å². The Kier molecular flexibility index (Phi) is 0.910. The maximum Gasteiger partial charge on any atom is 0.242 e. The lowest BCUT2D eigenvalue weighted by molar-refractivity contribution is 0.240. The van der Waals surface area contributed by atoms with Crippen molar-refractivity contribution in [3.05, 3.63) is 23.7 Å². The molecule has 0 fully saturated rings. The van der Waals surface area contributed by atoms with E-state index in [2.05, 4.69) is 10.3 Å². The van der Waals surface area contributed by atoms with Gasteiger partial charge in [0.25, 0.3) is 0 Å². The molecule has 0 N–H and O–H groups in total. The Morgan fingerprint density at radius 2 is 2.50 bits per heavy atom. The lowest BCUT2D eigenvalue weighted by Gasteiger charge is -2.14. The fraction of sp³-hybridized carbons (Fsp3) is 0.143. The van der Waals surface area contributed by atoms with Crippen LogP contribution in [0.5, 0.6) is 0 Å². The van der Waals surface area contributed by atoms with E-state index in [1.165, 1.54) is 0 Å². The lowest BCUT2D eigenvalue weighted by Crippen LogP contribution is -2.19. The van der Waals surface area contributed by atoms with E-state index in [0.29, 0.717) is 11.8 Å². The van der Waals surface area contributed by atoms with Gasteiger partial charge in [-0.2, -0.15) is 0 Å². The number of nitrogens with zero attached hydrogens (tertiary/aromatic N) is 3. The van der Waals surface area contributed by atoms with Crippen molar-refractivity contribution in [2.75, 3.05) is 4.90 Å². The highest BCUT2D eigenvalue weighted by Crippen LogP contribution is 2.30. The molecule has 0 atom stereocenters. The molecule has 0 spiro atoms. The molecule has 60 valence electrons. The predicted octanol–water partition coefficient (Wildman–Crippen LogP) is 0.852. The van der Waals surface area contributed by atoms with Gasteiger partial charge >= 0.3 is 0 Å². The maximum atomic E-state index is 5.03. The molecule has 1 aromatic heterocycles. The first-order chi connectivity index (χ1) is 5.95. The van der Waals surface area contributed by atoms with Crippen molar-refractivity contribution < 1.29 is 9.36 Å². The predicted molar refractivity (Wildman–Crippen MR) is 40.3 cm³/mol. The second-order valence-corrected chi connectivity index (χ2v) is 2.58. The largest absolute Gasteiger partial charge is 0.338 e. The van der Waals surface area contributed by atoms with Crippen molar-refractivity contribution in [2.45, 2.75) is 6.42 Å². The molecule has 2 aliphatic heterocycles. The summed E-state index contributed by atoms with van der Waals surface area (Å²) < 4.78 is 5.03. The third kappa shape index (κ3) is 0.578. The van der Waals surface area contributed by atoms with Gasteiger partial charge < -0.3 is 9.36 Å². The molecule has 0 aliphatic carbocycles. The van der Waals surface area contributed by atoms with Crippen molar-refractivity contribution >= 4 is 12.2 Å². The second kappa shape index (κ2) is 1.88. The van der Waals surface area contributed by atoms with E-state index < -0.39 is 0 Å². The topological polar surface area (TPSA) is 50.9 Å². The molecule has 0 amide bonds. The first kappa shape index (κ1) is 5.82. The Morgan fingerprint density at radius 1 is 1.50 bits per heavy atom. The minimum Gasteiger partial charge on any atom is -0.338 e. The SMILES string of the molecule is C1=NOC2=CCc3cnoc3N12. The Hall–Kier alpha value is -1.78. The van der Waals surface area contributed by atoms with Gasteiger partial charge in [-0.25, -0.2) is 4.90 Å². The van der Waals surface area contributed by atoms with Crippen LogP contribution in [0.2, 0.25) is 0 Å². The van der Waals surface area contributed by atoms with Crippen LogP contribution in [0.25, 0.3) is 0 Å². The summed E-state index contributed by atoms with van der Waals surface area (Å²) in [7, 11) is 0. The average molecular weight is 163 g/mol. The molecule has 3 rings (SSSR count). The van der Waals surface area contributed by atoms with Crippen LogP contribution in [0.15, 0.2) is 27.8 Å². The Labute approximate surface area is 67.9 Å². The molecular formula is C7H5N3O2. The van der Waals surface area contributed by atoms with Gasteiger partial charge in [0.15, 0.2) is 0 Å². The summed E-state index contributed by atoms with van der Waals surface area (Å²) in [6.07, 6.45) is 5.99. The summed E-state index contributed by atoms with van der Waals surface area (Å²) in [5.74, 6) is 1.40. The van der Waals surface area contributed by atoms with E-state index in [1.807, 2.05) is 6.08 Å². The first-order valence-electron chi connectivity index (χ1n) is 3.58. The van der Waals surface area contributed by atoms with E-state index in [9.17, 15) is 0 Å². The average Bonchev–Trinajstić information content (AvgIpc) is 2.71. The Bertz CT molecular complexity index is 380. The third-order valence-electron chi connectivity index (χ3n) is 1.88. The van der Waals surface area contributed by atoms with Crippen LogP contribution in [-0.2, 0) is 11.3 Å². The fourth-order valence-corrected chi connectivity index (χ4v) is 1.30. The smallest absolute Gasteiger partial charge is 0.242 e. The van der Waals surface area contributed by atoms with Crippen LogP contribution in [0.1, 0.15) is 5.56 Å². The minimum absolute atomic E-state index is 0.694. The number of anilines is 1. The molecule has 0 saturated carbocycles. The molecule has 0 aromatic carbocycles. The molecule has 5 heteroatoms. The lowest BCUT2D eigenvalue weighted by atomic mass is 10.2. The quantitative estimate of drug-likeness (QED) is 0.569. The summed E-state index contributed by atoms with van der Waals surface area (Å²) >= 11 is 0. The number of hydrogen-bond acceptors (Lipinski definition) is 5. The Balaban J connectivity index is 2.17. The number of fused-ring (bicyclic) bond motifs is 3. The van der Waals surface area contributed by atoms with Gasteiger partial charge in [0.2, 0.25) is 11.8 Å². The van der Waals surface area contributed by atoms with Crippen molar-refractivity contribution in [1.29, 1.82) is 0 Å². The Morgan fingerprint density at radius 3 is 3.50 bits per heavy atom. The summed E-state index contributed by atoms with van der Waals surface area (Å²) in [6.45, 7) is 0. The molecular weight excluding hydrogens is 158 g/mol. The molecule has 0 saturated heterocycles. The second-order valence-electron chi connectivity index (χ2n) is 2.58. The van der Waals surface area contributed by atoms with Gasteiger partial charge in [0, 0.05) is 12.0 Å². The highest BCUT2D eigenvalue weighted by molar-refractivity contribution is 5.83. The number of allylic oxidation sites excluding steroid dienone is 1. The van der Waals surface area contributed by atoms with Crippen molar-refractivity contribution in [2.24, 2.45) is 5.16 Å². The van der Waals surface area contributed by atoms with Gasteiger partial charge in [0.05, 0.1) is 6.20 Å². The summed E-state index contributed by atoms with van der Waals surface area (Å²) in [4.78, 5) is 6.68. The van der Waals surface area contributed by atoms with Gasteiger partial charge in [0.1, 0.15) is 6.34 Å².